The van der Waals surface area contributed by atoms with Crippen LogP contribution in [0, 0.1) is 0 Å². The lowest BCUT2D eigenvalue weighted by molar-refractivity contribution is 0.220. The summed E-state index contributed by atoms with van der Waals surface area (Å²) in [5.41, 5.74) is 10.5. The molecule has 0 saturated carbocycles. The van der Waals surface area contributed by atoms with E-state index in [-0.39, 0.29) is 17.5 Å². The molecule has 9 rings (SSSR count). The van der Waals surface area contributed by atoms with Crippen LogP contribution < -0.4 is 28.4 Å². The van der Waals surface area contributed by atoms with Gasteiger partial charge in [0.1, 0.15) is 5.75 Å². The minimum Gasteiger partial charge on any atom is -0.493 e. The fourth-order valence-electron chi connectivity index (χ4n) is 8.85. The number of methoxy groups -OCH3 is 4. The van der Waals surface area contributed by atoms with Gasteiger partial charge in [0.05, 0.1) is 28.4 Å². The normalized spacial score (nSPS) is 18.2. The minimum atomic E-state index is -0.0805. The van der Waals surface area contributed by atoms with E-state index in [2.05, 4.69) is 117 Å². The van der Waals surface area contributed by atoms with E-state index >= 15 is 0 Å². The van der Waals surface area contributed by atoms with Crippen LogP contribution in [0.15, 0.2) is 78.9 Å². The van der Waals surface area contributed by atoms with Crippen LogP contribution >= 0.6 is 0 Å². The van der Waals surface area contributed by atoms with E-state index in [9.17, 15) is 0 Å². The van der Waals surface area contributed by atoms with Crippen molar-refractivity contribution in [1.29, 1.82) is 0 Å². The Kier molecular flexibility index (Phi) is 10.1. The molecule has 0 N–H and O–H groups in total. The molecule has 56 heavy (non-hydrogen) atoms. The second-order valence-electron chi connectivity index (χ2n) is 16.4. The predicted molar refractivity (Wildman–Crippen MR) is 222 cm³/mol. The van der Waals surface area contributed by atoms with E-state index in [4.69, 9.17) is 28.4 Å². The van der Waals surface area contributed by atoms with Gasteiger partial charge in [-0.2, -0.15) is 0 Å². The quantitative estimate of drug-likeness (QED) is 0.176. The van der Waals surface area contributed by atoms with Crippen LogP contribution in [0.3, 0.4) is 0 Å². The number of hydrogen-bond donors (Lipinski definition) is 0. The summed E-state index contributed by atoms with van der Waals surface area (Å²) < 4.78 is 38.5. The Hall–Kier alpha value is -5.18. The monoisotopic (exact) mass is 754 g/mol. The van der Waals surface area contributed by atoms with Gasteiger partial charge in [0.25, 0.3) is 0 Å². The van der Waals surface area contributed by atoms with Crippen molar-refractivity contribution in [2.45, 2.75) is 64.0 Å². The van der Waals surface area contributed by atoms with Crippen LogP contribution in [0.25, 0.3) is 11.1 Å². The Morgan fingerprint density at radius 3 is 1.95 bits per heavy atom. The van der Waals surface area contributed by atoms with Crippen LogP contribution in [-0.2, 0) is 31.1 Å². The molecule has 0 saturated heterocycles. The molecule has 0 unspecified atom stereocenters. The van der Waals surface area contributed by atoms with Gasteiger partial charge in [0, 0.05) is 36.3 Å². The van der Waals surface area contributed by atoms with Gasteiger partial charge >= 0.3 is 0 Å². The van der Waals surface area contributed by atoms with Crippen molar-refractivity contribution in [3.05, 3.63) is 118 Å². The van der Waals surface area contributed by atoms with Gasteiger partial charge < -0.3 is 28.4 Å². The van der Waals surface area contributed by atoms with Gasteiger partial charge in [-0.3, -0.25) is 9.80 Å². The first kappa shape index (κ1) is 37.7. The van der Waals surface area contributed by atoms with Crippen LogP contribution in [0.2, 0.25) is 0 Å². The maximum atomic E-state index is 7.28. The fourth-order valence-corrected chi connectivity index (χ4v) is 8.85. The molecule has 292 valence electrons. The molecule has 0 amide bonds. The first-order valence-corrected chi connectivity index (χ1v) is 19.7. The summed E-state index contributed by atoms with van der Waals surface area (Å²) in [6.45, 7) is 8.52. The first-order valence-electron chi connectivity index (χ1n) is 19.7. The average molecular weight is 755 g/mol. The molecule has 0 spiro atoms. The zero-order valence-electron chi connectivity index (χ0n) is 34.2. The van der Waals surface area contributed by atoms with Crippen LogP contribution in [0.5, 0.6) is 46.0 Å². The third kappa shape index (κ3) is 6.83. The maximum Gasteiger partial charge on any atom is 0.204 e. The molecule has 5 aromatic rings. The number of nitrogens with zero attached hydrogens (tertiary/aromatic N) is 2. The number of rotatable bonds is 5. The van der Waals surface area contributed by atoms with Crippen molar-refractivity contribution in [2.75, 3.05) is 55.6 Å². The molecule has 0 aliphatic carbocycles. The second-order valence-corrected chi connectivity index (χ2v) is 16.4. The second kappa shape index (κ2) is 15.1. The zero-order chi connectivity index (χ0) is 39.3. The largest absolute Gasteiger partial charge is 0.493 e. The highest BCUT2D eigenvalue weighted by molar-refractivity contribution is 5.83. The maximum absolute atomic E-state index is 7.28. The SMILES string of the molecule is COc1ccc2cc1Oc1ccc(cc1)C[C@H]1c3cc(c(OC)cc3CCN1C)Oc1c(OC)c(OC)c(-c3ccc(C(C)(C)C)cc3)c3c1[C@H](C2)N(C)CC3. The number of hydrogen-bond acceptors (Lipinski definition) is 8. The molecule has 4 aliphatic heterocycles. The molecule has 4 heterocycles. The topological polar surface area (TPSA) is 61.9 Å². The summed E-state index contributed by atoms with van der Waals surface area (Å²) in [5, 5.41) is 0. The predicted octanol–water partition coefficient (Wildman–Crippen LogP) is 10.1. The average Bonchev–Trinajstić information content (AvgIpc) is 3.19. The van der Waals surface area contributed by atoms with Gasteiger partial charge in [-0.1, -0.05) is 63.2 Å². The molecule has 2 atom stereocenters. The highest BCUT2D eigenvalue weighted by Crippen LogP contribution is 2.56. The highest BCUT2D eigenvalue weighted by atomic mass is 16.5. The number of likely N-dealkylation sites (N-methyl/N-ethyl adjacent to an activating group) is 2. The third-order valence-electron chi connectivity index (χ3n) is 12.0. The Labute approximate surface area is 331 Å². The van der Waals surface area contributed by atoms with Crippen LogP contribution in [-0.4, -0.2) is 65.4 Å². The van der Waals surface area contributed by atoms with Crippen molar-refractivity contribution in [3.8, 4) is 57.1 Å². The molecule has 8 nitrogen and oxygen atoms in total. The van der Waals surface area contributed by atoms with Crippen molar-refractivity contribution < 1.29 is 28.4 Å². The lowest BCUT2D eigenvalue weighted by Crippen LogP contribution is -2.34. The Morgan fingerprint density at radius 2 is 1.27 bits per heavy atom. The number of ether oxygens (including phenoxy) is 6. The summed E-state index contributed by atoms with van der Waals surface area (Å²) >= 11 is 0. The smallest absolute Gasteiger partial charge is 0.204 e. The standard InChI is InChI=1S/C48H54N2O6/c1-48(2,3)33-15-13-31(14-16-33)43-35-21-23-50(5)38-25-30-12-19-39(51-6)41(26-30)55-34-17-10-29(11-18-34)24-37-36-28-42(40(52-7)27-32(36)20-22-49(37)4)56-46(44(35)38)47(54-9)45(43)53-8/h10-19,26-28,37-38H,20-25H2,1-9H3/t37-,38-/m0/s1. The van der Waals surface area contributed by atoms with Gasteiger partial charge in [-0.15, -0.1) is 0 Å². The van der Waals surface area contributed by atoms with E-state index in [1.165, 1.54) is 27.8 Å². The van der Waals surface area contributed by atoms with Crippen molar-refractivity contribution in [2.24, 2.45) is 0 Å². The van der Waals surface area contributed by atoms with E-state index in [0.717, 1.165) is 60.4 Å². The lowest BCUT2D eigenvalue weighted by atomic mass is 9.81. The summed E-state index contributed by atoms with van der Waals surface area (Å²) in [7, 11) is 11.2. The Bertz CT molecular complexity index is 2240. The molecule has 5 aromatic carbocycles. The van der Waals surface area contributed by atoms with Crippen LogP contribution in [0.4, 0.5) is 0 Å². The highest BCUT2D eigenvalue weighted by Gasteiger charge is 2.37. The molecular weight excluding hydrogens is 701 g/mol. The lowest BCUT2D eigenvalue weighted by Gasteiger charge is -2.38. The third-order valence-corrected chi connectivity index (χ3v) is 12.0. The van der Waals surface area contributed by atoms with E-state index in [0.29, 0.717) is 46.7 Å². The molecule has 4 aliphatic rings. The molecule has 6 bridgehead atoms. The molecule has 8 heteroatoms. The first-order chi connectivity index (χ1) is 27.0. The molecule has 0 fully saturated rings. The number of fused-ring (bicyclic) bond motifs is 2. The summed E-state index contributed by atoms with van der Waals surface area (Å²) in [6, 6.07) is 28.0. The summed E-state index contributed by atoms with van der Waals surface area (Å²) in [5.74, 6) is 5.34. The summed E-state index contributed by atoms with van der Waals surface area (Å²) in [6.07, 6.45) is 3.24. The summed E-state index contributed by atoms with van der Waals surface area (Å²) in [4.78, 5) is 4.86. The van der Waals surface area contributed by atoms with Gasteiger partial charge in [0.2, 0.25) is 5.75 Å². The van der Waals surface area contributed by atoms with E-state index in [1.54, 1.807) is 28.4 Å². The molecule has 0 aromatic heterocycles. The van der Waals surface area contributed by atoms with Crippen molar-refractivity contribution in [3.63, 3.8) is 0 Å². The Balaban J connectivity index is 1.40. The minimum absolute atomic E-state index is 0.0237. The van der Waals surface area contributed by atoms with Crippen molar-refractivity contribution >= 4 is 0 Å². The van der Waals surface area contributed by atoms with Crippen LogP contribution in [0.1, 0.15) is 71.8 Å². The molecule has 0 radical (unpaired) electrons. The molecular formula is C48H54N2O6. The Morgan fingerprint density at radius 1 is 0.625 bits per heavy atom. The van der Waals surface area contributed by atoms with Gasteiger partial charge in [0.15, 0.2) is 34.5 Å². The van der Waals surface area contributed by atoms with Crippen molar-refractivity contribution in [1.82, 2.24) is 9.80 Å². The zero-order valence-corrected chi connectivity index (χ0v) is 34.2. The van der Waals surface area contributed by atoms with E-state index in [1.807, 2.05) is 6.07 Å². The van der Waals surface area contributed by atoms with Gasteiger partial charge in [-0.05, 0) is 121 Å². The number of benzene rings is 5. The van der Waals surface area contributed by atoms with Gasteiger partial charge in [-0.25, -0.2) is 0 Å². The fraction of sp³-hybridized carbons (Fsp3) is 0.375. The van der Waals surface area contributed by atoms with E-state index < -0.39 is 0 Å².